The number of amides is 1. The van der Waals surface area contributed by atoms with Crippen LogP contribution in [0.25, 0.3) is 0 Å². The molecule has 2 rings (SSSR count). The van der Waals surface area contributed by atoms with Crippen molar-refractivity contribution in [2.75, 3.05) is 6.54 Å². The van der Waals surface area contributed by atoms with Gasteiger partial charge in [-0.1, -0.05) is 6.92 Å². The Morgan fingerprint density at radius 2 is 2.39 bits per heavy atom. The Morgan fingerprint density at radius 1 is 1.67 bits per heavy atom. The van der Waals surface area contributed by atoms with Gasteiger partial charge in [0.05, 0.1) is 4.48 Å². The van der Waals surface area contributed by atoms with E-state index in [0.29, 0.717) is 28.9 Å². The molecule has 0 aromatic rings. The molecule has 0 aliphatic carbocycles. The van der Waals surface area contributed by atoms with Crippen LogP contribution in [0.2, 0.25) is 0 Å². The number of carbonyl (C=O) groups is 2. The molecule has 0 saturated heterocycles. The fourth-order valence-corrected chi connectivity index (χ4v) is 2.22. The number of halogens is 1. The average molecular weight is 316 g/mol. The zero-order valence-electron chi connectivity index (χ0n) is 10.2. The molecule has 1 unspecified atom stereocenters. The number of hydrazone groups is 1. The normalized spacial score (nSPS) is 23.3. The number of hydrogen-bond acceptors (Lipinski definition) is 5. The number of ether oxygens (including phenoxy) is 1. The van der Waals surface area contributed by atoms with Crippen LogP contribution in [-0.2, 0) is 14.3 Å². The van der Waals surface area contributed by atoms with Crippen LogP contribution < -0.4 is 5.43 Å². The SMILES string of the molecule is CCC(=O)OC1C(C)=C(Br)C(=O)N1C1=NNCC1. The van der Waals surface area contributed by atoms with Gasteiger partial charge in [0, 0.05) is 25.0 Å². The van der Waals surface area contributed by atoms with Gasteiger partial charge < -0.3 is 10.2 Å². The summed E-state index contributed by atoms with van der Waals surface area (Å²) < 4.78 is 5.74. The number of esters is 1. The maximum atomic E-state index is 12.1. The van der Waals surface area contributed by atoms with Gasteiger partial charge >= 0.3 is 5.97 Å². The lowest BCUT2D eigenvalue weighted by molar-refractivity contribution is -0.153. The molecule has 0 fully saturated rings. The van der Waals surface area contributed by atoms with Crippen LogP contribution in [-0.4, -0.2) is 35.4 Å². The van der Waals surface area contributed by atoms with E-state index < -0.39 is 6.23 Å². The van der Waals surface area contributed by atoms with Gasteiger partial charge in [-0.05, 0) is 22.9 Å². The molecule has 98 valence electrons. The Bertz CT molecular complexity index is 458. The first-order chi connectivity index (χ1) is 8.56. The van der Waals surface area contributed by atoms with Crippen LogP contribution in [0.5, 0.6) is 0 Å². The standard InChI is InChI=1S/C11H14BrN3O3/c1-3-8(16)18-11-6(2)9(12)10(17)15(11)7-4-5-13-14-7/h11,13H,3-5H2,1-2H3. The van der Waals surface area contributed by atoms with E-state index in [2.05, 4.69) is 26.5 Å². The Balaban J connectivity index is 2.26. The first-order valence-electron chi connectivity index (χ1n) is 5.75. The van der Waals surface area contributed by atoms with E-state index in [0.717, 1.165) is 0 Å². The van der Waals surface area contributed by atoms with Gasteiger partial charge in [-0.15, -0.1) is 0 Å². The van der Waals surface area contributed by atoms with Crippen LogP contribution in [0.3, 0.4) is 0 Å². The summed E-state index contributed by atoms with van der Waals surface area (Å²) in [5, 5.41) is 4.05. The molecule has 0 aromatic heterocycles. The Hall–Kier alpha value is -1.37. The lowest BCUT2D eigenvalue weighted by atomic mass is 10.3. The summed E-state index contributed by atoms with van der Waals surface area (Å²) in [6.07, 6.45) is 0.228. The fourth-order valence-electron chi connectivity index (χ4n) is 1.83. The summed E-state index contributed by atoms with van der Waals surface area (Å²) in [6, 6.07) is 0. The summed E-state index contributed by atoms with van der Waals surface area (Å²) in [5.74, 6) is 0.0393. The van der Waals surface area contributed by atoms with Gasteiger partial charge in [0.2, 0.25) is 6.23 Å². The van der Waals surface area contributed by atoms with Crippen molar-refractivity contribution in [3.63, 3.8) is 0 Å². The quantitative estimate of drug-likeness (QED) is 0.774. The predicted octanol–water partition coefficient (Wildman–Crippen LogP) is 1.08. The molecular formula is C11H14BrN3O3. The number of rotatable bonds is 2. The monoisotopic (exact) mass is 315 g/mol. The maximum Gasteiger partial charge on any atom is 0.307 e. The van der Waals surface area contributed by atoms with Crippen molar-refractivity contribution < 1.29 is 14.3 Å². The molecule has 2 aliphatic rings. The van der Waals surface area contributed by atoms with E-state index in [1.165, 1.54) is 4.90 Å². The largest absolute Gasteiger partial charge is 0.437 e. The molecule has 1 N–H and O–H groups in total. The lowest BCUT2D eigenvalue weighted by Crippen LogP contribution is -2.42. The van der Waals surface area contributed by atoms with Crippen LogP contribution in [0.15, 0.2) is 15.2 Å². The highest BCUT2D eigenvalue weighted by Gasteiger charge is 2.41. The third kappa shape index (κ3) is 2.14. The summed E-state index contributed by atoms with van der Waals surface area (Å²) in [4.78, 5) is 25.0. The minimum atomic E-state index is -0.682. The molecule has 0 aromatic carbocycles. The summed E-state index contributed by atoms with van der Waals surface area (Å²) >= 11 is 3.23. The third-order valence-corrected chi connectivity index (χ3v) is 3.80. The second kappa shape index (κ2) is 5.09. The third-order valence-electron chi connectivity index (χ3n) is 2.84. The number of carbonyl (C=O) groups excluding carboxylic acids is 2. The average Bonchev–Trinajstić information content (AvgIpc) is 2.94. The fraction of sp³-hybridized carbons (Fsp3) is 0.545. The molecule has 1 amide bonds. The van der Waals surface area contributed by atoms with Crippen LogP contribution >= 0.6 is 15.9 Å². The predicted molar refractivity (Wildman–Crippen MR) is 68.7 cm³/mol. The molecule has 18 heavy (non-hydrogen) atoms. The molecule has 6 nitrogen and oxygen atoms in total. The first kappa shape index (κ1) is 13.1. The highest BCUT2D eigenvalue weighted by Crippen LogP contribution is 2.31. The van der Waals surface area contributed by atoms with E-state index in [4.69, 9.17) is 4.74 Å². The molecule has 1 atom stereocenters. The van der Waals surface area contributed by atoms with Crippen molar-refractivity contribution in [2.45, 2.75) is 32.9 Å². The van der Waals surface area contributed by atoms with E-state index in [-0.39, 0.29) is 18.3 Å². The zero-order valence-corrected chi connectivity index (χ0v) is 11.8. The smallest absolute Gasteiger partial charge is 0.307 e. The molecular weight excluding hydrogens is 302 g/mol. The highest BCUT2D eigenvalue weighted by atomic mass is 79.9. The van der Waals surface area contributed by atoms with E-state index in [1.54, 1.807) is 13.8 Å². The lowest BCUT2D eigenvalue weighted by Gasteiger charge is -2.25. The molecule has 2 heterocycles. The van der Waals surface area contributed by atoms with Crippen LogP contribution in [0, 0.1) is 0 Å². The molecule has 0 saturated carbocycles. The van der Waals surface area contributed by atoms with Crippen molar-refractivity contribution in [1.82, 2.24) is 10.3 Å². The summed E-state index contributed by atoms with van der Waals surface area (Å²) in [6.45, 7) is 4.16. The molecule has 0 bridgehead atoms. The van der Waals surface area contributed by atoms with E-state index in [9.17, 15) is 9.59 Å². The number of hydrogen-bond donors (Lipinski definition) is 1. The van der Waals surface area contributed by atoms with Crippen molar-refractivity contribution >= 4 is 33.6 Å². The van der Waals surface area contributed by atoms with Crippen molar-refractivity contribution in [1.29, 1.82) is 0 Å². The Morgan fingerprint density at radius 3 is 2.94 bits per heavy atom. The van der Waals surface area contributed by atoms with Crippen molar-refractivity contribution in [3.8, 4) is 0 Å². The second-order valence-corrected chi connectivity index (χ2v) is 4.85. The molecule has 0 radical (unpaired) electrons. The minimum absolute atomic E-state index is 0.219. The van der Waals surface area contributed by atoms with Gasteiger partial charge in [0.25, 0.3) is 5.91 Å². The van der Waals surface area contributed by atoms with Gasteiger partial charge in [0.1, 0.15) is 5.84 Å². The number of nitrogens with one attached hydrogen (secondary N) is 1. The van der Waals surface area contributed by atoms with Gasteiger partial charge in [-0.2, -0.15) is 5.10 Å². The summed E-state index contributed by atoms with van der Waals surface area (Å²) in [7, 11) is 0. The molecule has 0 spiro atoms. The van der Waals surface area contributed by atoms with Crippen molar-refractivity contribution in [3.05, 3.63) is 10.1 Å². The van der Waals surface area contributed by atoms with E-state index in [1.807, 2.05) is 0 Å². The minimum Gasteiger partial charge on any atom is -0.437 e. The van der Waals surface area contributed by atoms with Gasteiger partial charge in [-0.25, -0.2) is 0 Å². The van der Waals surface area contributed by atoms with Crippen molar-refractivity contribution in [2.24, 2.45) is 5.10 Å². The topological polar surface area (TPSA) is 71.0 Å². The molecule has 7 heteroatoms. The zero-order chi connectivity index (χ0) is 13.3. The van der Waals surface area contributed by atoms with E-state index >= 15 is 0 Å². The molecule has 2 aliphatic heterocycles. The van der Waals surface area contributed by atoms with Crippen LogP contribution in [0.4, 0.5) is 0 Å². The number of nitrogens with zero attached hydrogens (tertiary/aromatic N) is 2. The van der Waals surface area contributed by atoms with Gasteiger partial charge in [-0.3, -0.25) is 14.5 Å². The number of amidine groups is 1. The second-order valence-electron chi connectivity index (χ2n) is 4.05. The van der Waals surface area contributed by atoms with Gasteiger partial charge in [0.15, 0.2) is 0 Å². The highest BCUT2D eigenvalue weighted by molar-refractivity contribution is 9.12. The Kier molecular flexibility index (Phi) is 3.70. The maximum absolute atomic E-state index is 12.1. The first-order valence-corrected chi connectivity index (χ1v) is 6.54. The summed E-state index contributed by atoms with van der Waals surface area (Å²) in [5.41, 5.74) is 3.50. The Labute approximate surface area is 113 Å². The van der Waals surface area contributed by atoms with Crippen LogP contribution in [0.1, 0.15) is 26.7 Å².